The van der Waals surface area contributed by atoms with Gasteiger partial charge in [-0.3, -0.25) is 14.2 Å². The molecule has 0 bridgehead atoms. The number of furan rings is 1. The third-order valence-corrected chi connectivity index (χ3v) is 7.32. The van der Waals surface area contributed by atoms with E-state index in [1.807, 2.05) is 85.1 Å². The summed E-state index contributed by atoms with van der Waals surface area (Å²) in [7, 11) is 0. The Bertz CT molecular complexity index is 1520. The maximum Gasteiger partial charge on any atom is 0.268 e. The van der Waals surface area contributed by atoms with Crippen molar-refractivity contribution in [3.8, 4) is 17.0 Å². The lowest BCUT2D eigenvalue weighted by Crippen LogP contribution is -2.28. The number of para-hydroxylation sites is 1. The van der Waals surface area contributed by atoms with Crippen molar-refractivity contribution in [1.82, 2.24) is 14.9 Å². The van der Waals surface area contributed by atoms with Crippen molar-refractivity contribution < 1.29 is 9.21 Å². The van der Waals surface area contributed by atoms with Crippen LogP contribution in [0, 0.1) is 6.92 Å². The Kier molecular flexibility index (Phi) is 6.83. The zero-order valence-electron chi connectivity index (χ0n) is 19.1. The van der Waals surface area contributed by atoms with E-state index in [4.69, 9.17) is 9.40 Å². The first kappa shape index (κ1) is 23.1. The van der Waals surface area contributed by atoms with Crippen molar-refractivity contribution in [3.63, 3.8) is 0 Å². The van der Waals surface area contributed by atoms with Crippen LogP contribution in [0.25, 0.3) is 27.2 Å². The van der Waals surface area contributed by atoms with Gasteiger partial charge >= 0.3 is 0 Å². The summed E-state index contributed by atoms with van der Waals surface area (Å²) in [5, 5.41) is 5.86. The largest absolute Gasteiger partial charge is 0.461 e. The van der Waals surface area contributed by atoms with Gasteiger partial charge in [-0.2, -0.15) is 0 Å². The summed E-state index contributed by atoms with van der Waals surface area (Å²) in [4.78, 5) is 31.7. The molecule has 0 fully saturated rings. The molecule has 0 saturated heterocycles. The molecule has 6 nitrogen and oxygen atoms in total. The molecule has 0 spiro atoms. The zero-order valence-corrected chi connectivity index (χ0v) is 20.7. The lowest BCUT2D eigenvalue weighted by atomic mass is 10.1. The predicted octanol–water partition coefficient (Wildman–Crippen LogP) is 5.47. The van der Waals surface area contributed by atoms with Gasteiger partial charge in [0, 0.05) is 17.5 Å². The Morgan fingerprint density at radius 3 is 2.51 bits per heavy atom. The van der Waals surface area contributed by atoms with Crippen LogP contribution in [0.2, 0.25) is 0 Å². The van der Waals surface area contributed by atoms with Crippen LogP contribution in [0.3, 0.4) is 0 Å². The fourth-order valence-corrected chi connectivity index (χ4v) is 5.62. The molecule has 3 heterocycles. The van der Waals surface area contributed by atoms with Gasteiger partial charge in [0.2, 0.25) is 5.91 Å². The number of thioether (sulfide) groups is 1. The summed E-state index contributed by atoms with van der Waals surface area (Å²) in [6, 6.07) is 23.1. The number of benzene rings is 2. The Balaban J connectivity index is 1.42. The Morgan fingerprint density at radius 1 is 1.06 bits per heavy atom. The predicted molar refractivity (Wildman–Crippen MR) is 142 cm³/mol. The minimum atomic E-state index is -0.182. The molecule has 8 heteroatoms. The SMILES string of the molecule is Cc1ccc(-c2csc3nc(SCC(=O)NCCc4ccccc4)n(-c4ccccc4)c(=O)c23)o1. The van der Waals surface area contributed by atoms with E-state index in [1.54, 1.807) is 4.57 Å². The van der Waals surface area contributed by atoms with Gasteiger partial charge in [-0.25, -0.2) is 4.98 Å². The topological polar surface area (TPSA) is 77.1 Å². The molecule has 35 heavy (non-hydrogen) atoms. The smallest absolute Gasteiger partial charge is 0.268 e. The van der Waals surface area contributed by atoms with Crippen LogP contribution < -0.4 is 10.9 Å². The molecule has 5 aromatic rings. The zero-order chi connectivity index (χ0) is 24.2. The number of nitrogens with zero attached hydrogens (tertiary/aromatic N) is 2. The van der Waals surface area contributed by atoms with E-state index in [0.29, 0.717) is 33.4 Å². The average Bonchev–Trinajstić information content (AvgIpc) is 3.50. The molecule has 1 amide bonds. The molecular formula is C27H23N3O3S2. The summed E-state index contributed by atoms with van der Waals surface area (Å²) in [5.41, 5.74) is 2.42. The van der Waals surface area contributed by atoms with Gasteiger partial charge < -0.3 is 9.73 Å². The molecule has 0 aliphatic carbocycles. The molecule has 176 valence electrons. The number of aromatic nitrogens is 2. The van der Waals surface area contributed by atoms with Crippen molar-refractivity contribution in [2.45, 2.75) is 18.5 Å². The second kappa shape index (κ2) is 10.3. The second-order valence-electron chi connectivity index (χ2n) is 7.98. The highest BCUT2D eigenvalue weighted by Crippen LogP contribution is 2.33. The van der Waals surface area contributed by atoms with Gasteiger partial charge in [0.1, 0.15) is 16.4 Å². The average molecular weight is 502 g/mol. The van der Waals surface area contributed by atoms with E-state index in [9.17, 15) is 9.59 Å². The molecule has 0 aliphatic heterocycles. The molecule has 5 rings (SSSR count). The summed E-state index contributed by atoms with van der Waals surface area (Å²) in [5.74, 6) is 1.49. The van der Waals surface area contributed by atoms with E-state index in [-0.39, 0.29) is 17.2 Å². The first-order valence-corrected chi connectivity index (χ1v) is 13.1. The van der Waals surface area contributed by atoms with E-state index < -0.39 is 0 Å². The van der Waals surface area contributed by atoms with Crippen LogP contribution in [0.5, 0.6) is 0 Å². The molecular weight excluding hydrogens is 478 g/mol. The van der Waals surface area contributed by atoms with Gasteiger partial charge in [-0.1, -0.05) is 60.3 Å². The highest BCUT2D eigenvalue weighted by atomic mass is 32.2. The number of carbonyl (C=O) groups excluding carboxylic acids is 1. The summed E-state index contributed by atoms with van der Waals surface area (Å²) in [6.45, 7) is 2.43. The lowest BCUT2D eigenvalue weighted by molar-refractivity contribution is -0.118. The molecule has 2 aromatic carbocycles. The minimum Gasteiger partial charge on any atom is -0.461 e. The van der Waals surface area contributed by atoms with Crippen molar-refractivity contribution in [2.75, 3.05) is 12.3 Å². The number of hydrogen-bond donors (Lipinski definition) is 1. The second-order valence-corrected chi connectivity index (χ2v) is 9.79. The quantitative estimate of drug-likeness (QED) is 0.225. The van der Waals surface area contributed by atoms with Gasteiger partial charge in [0.25, 0.3) is 5.56 Å². The van der Waals surface area contributed by atoms with Crippen LogP contribution in [0.15, 0.2) is 92.5 Å². The number of fused-ring (bicyclic) bond motifs is 1. The normalized spacial score (nSPS) is 11.1. The molecule has 0 radical (unpaired) electrons. The van der Waals surface area contributed by atoms with E-state index >= 15 is 0 Å². The summed E-state index contributed by atoms with van der Waals surface area (Å²) in [6.07, 6.45) is 0.764. The summed E-state index contributed by atoms with van der Waals surface area (Å²) >= 11 is 2.66. The van der Waals surface area contributed by atoms with Crippen LogP contribution in [0.1, 0.15) is 11.3 Å². The fourth-order valence-electron chi connectivity index (χ4n) is 3.81. The summed E-state index contributed by atoms with van der Waals surface area (Å²) < 4.78 is 7.37. The third-order valence-electron chi connectivity index (χ3n) is 5.51. The molecule has 3 aromatic heterocycles. The number of aryl methyl sites for hydroxylation is 1. The third kappa shape index (κ3) is 5.08. The Morgan fingerprint density at radius 2 is 1.80 bits per heavy atom. The first-order valence-electron chi connectivity index (χ1n) is 11.2. The van der Waals surface area contributed by atoms with E-state index in [1.165, 1.54) is 28.7 Å². The highest BCUT2D eigenvalue weighted by Gasteiger charge is 2.20. The van der Waals surface area contributed by atoms with Crippen LogP contribution in [-0.2, 0) is 11.2 Å². The number of rotatable bonds is 8. The van der Waals surface area contributed by atoms with Crippen molar-refractivity contribution in [2.24, 2.45) is 0 Å². The number of thiophene rings is 1. The molecule has 0 saturated carbocycles. The number of carbonyl (C=O) groups is 1. The minimum absolute atomic E-state index is 0.0992. The standard InChI is InChI=1S/C27H23N3O3S2/c1-18-12-13-22(33-18)21-16-34-25-24(21)26(32)30(20-10-6-3-7-11-20)27(29-25)35-17-23(31)28-15-14-19-8-4-2-5-9-19/h2-13,16H,14-15,17H2,1H3,(H,28,31). The first-order chi connectivity index (χ1) is 17.1. The highest BCUT2D eigenvalue weighted by molar-refractivity contribution is 7.99. The van der Waals surface area contributed by atoms with Crippen LogP contribution in [0.4, 0.5) is 0 Å². The van der Waals surface area contributed by atoms with Crippen LogP contribution in [-0.4, -0.2) is 27.8 Å². The molecule has 0 atom stereocenters. The molecule has 0 unspecified atom stereocenters. The van der Waals surface area contributed by atoms with Gasteiger partial charge in [0.15, 0.2) is 5.16 Å². The Labute approximate surface area is 210 Å². The van der Waals surface area contributed by atoms with Crippen molar-refractivity contribution in [3.05, 3.63) is 99.9 Å². The number of nitrogens with one attached hydrogen (secondary N) is 1. The fraction of sp³-hybridized carbons (Fsp3) is 0.148. The van der Waals surface area contributed by atoms with E-state index in [0.717, 1.165) is 17.7 Å². The van der Waals surface area contributed by atoms with Gasteiger partial charge in [-0.05, 0) is 43.2 Å². The number of amides is 1. The molecule has 1 N–H and O–H groups in total. The number of hydrogen-bond acceptors (Lipinski definition) is 6. The van der Waals surface area contributed by atoms with Crippen molar-refractivity contribution in [1.29, 1.82) is 0 Å². The maximum atomic E-state index is 13.8. The monoisotopic (exact) mass is 501 g/mol. The molecule has 0 aliphatic rings. The van der Waals surface area contributed by atoms with Gasteiger partial charge in [0.05, 0.1) is 16.8 Å². The van der Waals surface area contributed by atoms with Crippen molar-refractivity contribution >= 4 is 39.2 Å². The van der Waals surface area contributed by atoms with Crippen LogP contribution >= 0.6 is 23.1 Å². The van der Waals surface area contributed by atoms with E-state index in [2.05, 4.69) is 5.32 Å². The Hall–Kier alpha value is -3.62. The maximum absolute atomic E-state index is 13.8. The van der Waals surface area contributed by atoms with Gasteiger partial charge in [-0.15, -0.1) is 11.3 Å². The lowest BCUT2D eigenvalue weighted by Gasteiger charge is -2.12.